The molecule has 2 heterocycles. The van der Waals surface area contributed by atoms with Crippen LogP contribution in [0.1, 0.15) is 10.6 Å². The van der Waals surface area contributed by atoms with Gasteiger partial charge in [-0.2, -0.15) is 0 Å². The van der Waals surface area contributed by atoms with E-state index in [-0.39, 0.29) is 11.7 Å². The minimum absolute atomic E-state index is 0.0652. The fourth-order valence-electron chi connectivity index (χ4n) is 2.06. The lowest BCUT2D eigenvalue weighted by molar-refractivity contribution is -0.118. The molecule has 0 bridgehead atoms. The molecule has 0 radical (unpaired) electrons. The molecule has 128 valence electrons. The lowest BCUT2D eigenvalue weighted by atomic mass is 10.2. The number of carbonyl (C=O) groups is 1. The van der Waals surface area contributed by atoms with E-state index in [4.69, 9.17) is 11.6 Å². The quantitative estimate of drug-likeness (QED) is 0.509. The minimum atomic E-state index is -0.0652. The first-order valence-electron chi connectivity index (χ1n) is 7.51. The standard InChI is InChI=1S/C17H15ClN4OS2/c1-11-14(25-16(22-11)12-5-2-3-6-13(12)18)9-21-15(23)10-24-17-19-7-4-8-20-17/h2-8H,9-10H2,1H3,(H,21,23). The summed E-state index contributed by atoms with van der Waals surface area (Å²) in [6, 6.07) is 9.36. The van der Waals surface area contributed by atoms with E-state index in [1.165, 1.54) is 11.8 Å². The van der Waals surface area contributed by atoms with Gasteiger partial charge in [0.1, 0.15) is 5.01 Å². The minimum Gasteiger partial charge on any atom is -0.350 e. The molecule has 1 amide bonds. The van der Waals surface area contributed by atoms with E-state index in [1.54, 1.807) is 29.8 Å². The van der Waals surface area contributed by atoms with Crippen LogP contribution >= 0.6 is 34.7 Å². The average Bonchev–Trinajstić information content (AvgIpc) is 3.00. The number of halogens is 1. The number of hydrogen-bond donors (Lipinski definition) is 1. The molecule has 3 aromatic rings. The number of aromatic nitrogens is 3. The van der Waals surface area contributed by atoms with Crippen molar-refractivity contribution in [3.8, 4) is 10.6 Å². The predicted molar refractivity (Wildman–Crippen MR) is 102 cm³/mol. The van der Waals surface area contributed by atoms with Crippen LogP contribution < -0.4 is 5.32 Å². The molecular formula is C17H15ClN4OS2. The van der Waals surface area contributed by atoms with Crippen LogP contribution in [-0.4, -0.2) is 26.6 Å². The van der Waals surface area contributed by atoms with Gasteiger partial charge in [-0.3, -0.25) is 4.79 Å². The van der Waals surface area contributed by atoms with E-state index >= 15 is 0 Å². The number of carbonyl (C=O) groups excluding carboxylic acids is 1. The molecule has 0 saturated heterocycles. The molecule has 0 aliphatic heterocycles. The van der Waals surface area contributed by atoms with Gasteiger partial charge in [-0.15, -0.1) is 11.3 Å². The van der Waals surface area contributed by atoms with E-state index in [0.717, 1.165) is 21.1 Å². The van der Waals surface area contributed by atoms with E-state index in [9.17, 15) is 4.79 Å². The summed E-state index contributed by atoms with van der Waals surface area (Å²) < 4.78 is 0. The summed E-state index contributed by atoms with van der Waals surface area (Å²) in [5.74, 6) is 0.212. The third-order valence-corrected chi connectivity index (χ3v) is 5.71. The first-order chi connectivity index (χ1) is 12.1. The van der Waals surface area contributed by atoms with Crippen molar-refractivity contribution in [2.45, 2.75) is 18.6 Å². The Labute approximate surface area is 158 Å². The maximum Gasteiger partial charge on any atom is 0.230 e. The van der Waals surface area contributed by atoms with Gasteiger partial charge in [-0.05, 0) is 19.1 Å². The molecule has 3 rings (SSSR count). The summed E-state index contributed by atoms with van der Waals surface area (Å²) in [5.41, 5.74) is 1.81. The highest BCUT2D eigenvalue weighted by atomic mass is 35.5. The number of rotatable bonds is 6. The Balaban J connectivity index is 1.58. The summed E-state index contributed by atoms with van der Waals surface area (Å²) in [5, 5.41) is 5.03. The molecule has 0 aliphatic rings. The first-order valence-corrected chi connectivity index (χ1v) is 9.69. The van der Waals surface area contributed by atoms with Crippen LogP contribution in [0, 0.1) is 6.92 Å². The Kier molecular flexibility index (Phi) is 6.01. The van der Waals surface area contributed by atoms with Crippen molar-refractivity contribution in [3.05, 3.63) is 58.3 Å². The highest BCUT2D eigenvalue weighted by Crippen LogP contribution is 2.32. The van der Waals surface area contributed by atoms with Crippen molar-refractivity contribution in [2.75, 3.05) is 5.75 Å². The Bertz CT molecular complexity index is 870. The normalized spacial score (nSPS) is 10.6. The van der Waals surface area contributed by atoms with Crippen LogP contribution in [-0.2, 0) is 11.3 Å². The van der Waals surface area contributed by atoms with Crippen LogP contribution in [0.4, 0.5) is 0 Å². The van der Waals surface area contributed by atoms with Gasteiger partial charge >= 0.3 is 0 Å². The van der Waals surface area contributed by atoms with Crippen molar-refractivity contribution in [1.82, 2.24) is 20.3 Å². The number of thiazole rings is 1. The number of nitrogens with one attached hydrogen (secondary N) is 1. The average molecular weight is 391 g/mol. The van der Waals surface area contributed by atoms with Gasteiger partial charge in [-0.25, -0.2) is 15.0 Å². The predicted octanol–water partition coefficient (Wildman–Crippen LogP) is 3.97. The lowest BCUT2D eigenvalue weighted by Crippen LogP contribution is -2.24. The molecule has 2 aromatic heterocycles. The molecule has 0 atom stereocenters. The largest absolute Gasteiger partial charge is 0.350 e. The molecule has 25 heavy (non-hydrogen) atoms. The summed E-state index contributed by atoms with van der Waals surface area (Å²) in [7, 11) is 0. The van der Waals surface area contributed by atoms with E-state index < -0.39 is 0 Å². The fraction of sp³-hybridized carbons (Fsp3) is 0.176. The Morgan fingerprint density at radius 3 is 2.76 bits per heavy atom. The maximum absolute atomic E-state index is 12.0. The highest BCUT2D eigenvalue weighted by Gasteiger charge is 2.13. The zero-order valence-electron chi connectivity index (χ0n) is 13.4. The Hall–Kier alpha value is -1.96. The number of benzene rings is 1. The molecular weight excluding hydrogens is 376 g/mol. The summed E-state index contributed by atoms with van der Waals surface area (Å²) in [6.45, 7) is 2.38. The number of hydrogen-bond acceptors (Lipinski definition) is 6. The number of aryl methyl sites for hydroxylation is 1. The molecule has 0 spiro atoms. The van der Waals surface area contributed by atoms with Crippen LogP contribution in [0.3, 0.4) is 0 Å². The zero-order chi connectivity index (χ0) is 17.6. The first kappa shape index (κ1) is 17.8. The third-order valence-electron chi connectivity index (χ3n) is 3.32. The second-order valence-electron chi connectivity index (χ2n) is 5.10. The fourth-order valence-corrected chi connectivity index (χ4v) is 4.02. The zero-order valence-corrected chi connectivity index (χ0v) is 15.8. The molecule has 5 nitrogen and oxygen atoms in total. The van der Waals surface area contributed by atoms with Gasteiger partial charge in [0.05, 0.1) is 23.0 Å². The highest BCUT2D eigenvalue weighted by molar-refractivity contribution is 7.99. The molecule has 0 unspecified atom stereocenters. The summed E-state index contributed by atoms with van der Waals surface area (Å²) in [6.07, 6.45) is 3.31. The van der Waals surface area contributed by atoms with Crippen molar-refractivity contribution >= 4 is 40.6 Å². The molecule has 1 aromatic carbocycles. The van der Waals surface area contributed by atoms with Crippen molar-refractivity contribution in [2.24, 2.45) is 0 Å². The van der Waals surface area contributed by atoms with Crippen molar-refractivity contribution in [3.63, 3.8) is 0 Å². The van der Waals surface area contributed by atoms with Gasteiger partial charge in [0.2, 0.25) is 5.91 Å². The lowest BCUT2D eigenvalue weighted by Gasteiger charge is -2.03. The van der Waals surface area contributed by atoms with Crippen molar-refractivity contribution in [1.29, 1.82) is 0 Å². The second-order valence-corrected chi connectivity index (χ2v) is 7.54. The van der Waals surface area contributed by atoms with Gasteiger partial charge in [0, 0.05) is 22.8 Å². The van der Waals surface area contributed by atoms with Gasteiger partial charge < -0.3 is 5.32 Å². The van der Waals surface area contributed by atoms with E-state index in [1.807, 2.05) is 31.2 Å². The Morgan fingerprint density at radius 1 is 1.24 bits per heavy atom. The second kappa shape index (κ2) is 8.42. The van der Waals surface area contributed by atoms with Crippen molar-refractivity contribution < 1.29 is 4.79 Å². The molecule has 8 heteroatoms. The molecule has 1 N–H and O–H groups in total. The van der Waals surface area contributed by atoms with E-state index in [2.05, 4.69) is 20.3 Å². The maximum atomic E-state index is 12.0. The topological polar surface area (TPSA) is 67.8 Å². The van der Waals surface area contributed by atoms with Gasteiger partial charge in [-0.1, -0.05) is 41.6 Å². The van der Waals surface area contributed by atoms with Crippen LogP contribution in [0.15, 0.2) is 47.9 Å². The van der Waals surface area contributed by atoms with Crippen LogP contribution in [0.25, 0.3) is 10.6 Å². The number of nitrogens with zero attached hydrogens (tertiary/aromatic N) is 3. The van der Waals surface area contributed by atoms with Gasteiger partial charge in [0.25, 0.3) is 0 Å². The summed E-state index contributed by atoms with van der Waals surface area (Å²) in [4.78, 5) is 25.8. The van der Waals surface area contributed by atoms with Crippen LogP contribution in [0.2, 0.25) is 5.02 Å². The van der Waals surface area contributed by atoms with Gasteiger partial charge in [0.15, 0.2) is 5.16 Å². The van der Waals surface area contributed by atoms with E-state index in [0.29, 0.717) is 16.7 Å². The summed E-state index contributed by atoms with van der Waals surface area (Å²) >= 11 is 9.08. The molecule has 0 aliphatic carbocycles. The SMILES string of the molecule is Cc1nc(-c2ccccc2Cl)sc1CNC(=O)CSc1ncccn1. The molecule has 0 saturated carbocycles. The van der Waals surface area contributed by atoms with Crippen LogP contribution in [0.5, 0.6) is 0 Å². The smallest absolute Gasteiger partial charge is 0.230 e. The molecule has 0 fully saturated rings. The monoisotopic (exact) mass is 390 g/mol. The Morgan fingerprint density at radius 2 is 2.00 bits per heavy atom. The third kappa shape index (κ3) is 4.78. The number of thioether (sulfide) groups is 1. The number of amides is 1.